The van der Waals surface area contributed by atoms with Gasteiger partial charge in [-0.1, -0.05) is 20.8 Å². The summed E-state index contributed by atoms with van der Waals surface area (Å²) in [5, 5.41) is 4.96. The zero-order valence-electron chi connectivity index (χ0n) is 10.9. The number of ether oxygens (including phenoxy) is 1. The Labute approximate surface area is 120 Å². The van der Waals surface area contributed by atoms with E-state index in [0.29, 0.717) is 6.42 Å². The summed E-state index contributed by atoms with van der Waals surface area (Å²) in [6.07, 6.45) is 0.683. The number of rotatable bonds is 4. The van der Waals surface area contributed by atoms with Crippen LogP contribution in [0.15, 0.2) is 20.0 Å². The molecule has 0 unspecified atom stereocenters. The molecule has 1 aromatic heterocycles. The van der Waals surface area contributed by atoms with Crippen molar-refractivity contribution in [2.24, 2.45) is 10.6 Å². The standard InChI is InChI=1S/C11H16BrNO5S/c1-11(2,3)4-5-17-10(14)7-6-8(9(12)18-7)19(13,15)16/h6H,4-5H2,1-3H3,(H2,13,15,16). The largest absolute Gasteiger partial charge is 0.460 e. The van der Waals surface area contributed by atoms with Gasteiger partial charge in [0.25, 0.3) is 0 Å². The second-order valence-corrected chi connectivity index (χ2v) is 7.49. The molecular formula is C11H16BrNO5S. The zero-order valence-corrected chi connectivity index (χ0v) is 13.3. The van der Waals surface area contributed by atoms with Gasteiger partial charge in [-0.2, -0.15) is 0 Å². The van der Waals surface area contributed by atoms with Crippen molar-refractivity contribution in [3.05, 3.63) is 16.5 Å². The van der Waals surface area contributed by atoms with Crippen molar-refractivity contribution in [2.75, 3.05) is 6.61 Å². The highest BCUT2D eigenvalue weighted by molar-refractivity contribution is 9.10. The van der Waals surface area contributed by atoms with Crippen LogP contribution in [0.4, 0.5) is 0 Å². The maximum absolute atomic E-state index is 11.7. The smallest absolute Gasteiger partial charge is 0.374 e. The minimum atomic E-state index is -3.94. The summed E-state index contributed by atoms with van der Waals surface area (Å²) in [5.41, 5.74) is 0.0375. The van der Waals surface area contributed by atoms with Gasteiger partial charge in [-0.15, -0.1) is 0 Å². The van der Waals surface area contributed by atoms with Crippen LogP contribution >= 0.6 is 15.9 Å². The molecular weight excluding hydrogens is 338 g/mol. The van der Waals surface area contributed by atoms with Crippen LogP contribution in [0.1, 0.15) is 37.7 Å². The van der Waals surface area contributed by atoms with Crippen molar-refractivity contribution in [2.45, 2.75) is 32.1 Å². The Balaban J connectivity index is 2.74. The highest BCUT2D eigenvalue weighted by Crippen LogP contribution is 2.26. The van der Waals surface area contributed by atoms with Crippen molar-refractivity contribution >= 4 is 31.9 Å². The van der Waals surface area contributed by atoms with Crippen LogP contribution in [-0.2, 0) is 14.8 Å². The summed E-state index contributed by atoms with van der Waals surface area (Å²) in [6, 6.07) is 1.04. The molecule has 0 aliphatic heterocycles. The van der Waals surface area contributed by atoms with Crippen molar-refractivity contribution in [1.29, 1.82) is 0 Å². The highest BCUT2D eigenvalue weighted by Gasteiger charge is 2.23. The third-order valence-electron chi connectivity index (χ3n) is 2.25. The van der Waals surface area contributed by atoms with Gasteiger partial charge in [-0.05, 0) is 27.8 Å². The number of sulfonamides is 1. The first-order chi connectivity index (χ1) is 8.50. The van der Waals surface area contributed by atoms with Gasteiger partial charge in [0.1, 0.15) is 4.90 Å². The fourth-order valence-electron chi connectivity index (χ4n) is 1.17. The van der Waals surface area contributed by atoms with Gasteiger partial charge < -0.3 is 9.15 Å². The fourth-order valence-corrected chi connectivity index (χ4v) is 2.67. The van der Waals surface area contributed by atoms with Crippen LogP contribution in [0.2, 0.25) is 0 Å². The van der Waals surface area contributed by atoms with E-state index in [0.717, 1.165) is 6.07 Å². The van der Waals surface area contributed by atoms with Crippen molar-refractivity contribution in [1.82, 2.24) is 0 Å². The molecule has 0 aliphatic rings. The van der Waals surface area contributed by atoms with Gasteiger partial charge in [0.15, 0.2) is 4.67 Å². The first-order valence-electron chi connectivity index (χ1n) is 5.50. The van der Waals surface area contributed by atoms with E-state index >= 15 is 0 Å². The van der Waals surface area contributed by atoms with Gasteiger partial charge >= 0.3 is 5.97 Å². The molecule has 0 radical (unpaired) electrons. The Kier molecular flexibility index (Phi) is 4.81. The third kappa shape index (κ3) is 4.96. The molecule has 2 N–H and O–H groups in total. The van der Waals surface area contributed by atoms with Gasteiger partial charge in [-0.3, -0.25) is 0 Å². The van der Waals surface area contributed by atoms with Gasteiger partial charge in [0.05, 0.1) is 6.61 Å². The van der Waals surface area contributed by atoms with Crippen molar-refractivity contribution in [3.8, 4) is 0 Å². The van der Waals surface area contributed by atoms with Gasteiger partial charge in [-0.25, -0.2) is 18.4 Å². The van der Waals surface area contributed by atoms with E-state index in [1.54, 1.807) is 0 Å². The Morgan fingerprint density at radius 3 is 2.47 bits per heavy atom. The molecule has 0 atom stereocenters. The first-order valence-corrected chi connectivity index (χ1v) is 7.84. The SMILES string of the molecule is CC(C)(C)CCOC(=O)c1cc(S(N)(=O)=O)c(Br)o1. The molecule has 0 aliphatic carbocycles. The normalized spacial score (nSPS) is 12.5. The second kappa shape index (κ2) is 5.64. The molecule has 0 spiro atoms. The molecule has 0 amide bonds. The van der Waals surface area contributed by atoms with Gasteiger partial charge in [0.2, 0.25) is 15.8 Å². The molecule has 8 heteroatoms. The van der Waals surface area contributed by atoms with Crippen LogP contribution in [0.3, 0.4) is 0 Å². The number of hydrogen-bond donors (Lipinski definition) is 1. The Bertz CT molecular complexity index is 570. The highest BCUT2D eigenvalue weighted by atomic mass is 79.9. The Morgan fingerprint density at radius 2 is 2.05 bits per heavy atom. The number of carbonyl (C=O) groups excluding carboxylic acids is 1. The molecule has 0 saturated carbocycles. The first kappa shape index (κ1) is 16.2. The van der Waals surface area contributed by atoms with Crippen LogP contribution in [-0.4, -0.2) is 21.0 Å². The number of halogens is 1. The molecule has 1 aromatic rings. The van der Waals surface area contributed by atoms with Crippen LogP contribution < -0.4 is 5.14 Å². The number of carbonyl (C=O) groups is 1. The molecule has 0 bridgehead atoms. The maximum atomic E-state index is 11.7. The quantitative estimate of drug-likeness (QED) is 0.837. The Hall–Kier alpha value is -0.860. The van der Waals surface area contributed by atoms with Crippen LogP contribution in [0.25, 0.3) is 0 Å². The number of hydrogen-bond acceptors (Lipinski definition) is 5. The number of primary sulfonamides is 1. The lowest BCUT2D eigenvalue weighted by molar-refractivity contribution is 0.0427. The monoisotopic (exact) mass is 353 g/mol. The number of furan rings is 1. The Morgan fingerprint density at radius 1 is 1.47 bits per heavy atom. The molecule has 6 nitrogen and oxygen atoms in total. The molecule has 0 aromatic carbocycles. The summed E-state index contributed by atoms with van der Waals surface area (Å²) < 4.78 is 32.2. The summed E-state index contributed by atoms with van der Waals surface area (Å²) in [7, 11) is -3.94. The van der Waals surface area contributed by atoms with E-state index in [9.17, 15) is 13.2 Å². The van der Waals surface area contributed by atoms with E-state index in [1.165, 1.54) is 0 Å². The van der Waals surface area contributed by atoms with E-state index in [1.807, 2.05) is 20.8 Å². The number of nitrogens with two attached hydrogens (primary N) is 1. The lowest BCUT2D eigenvalue weighted by Crippen LogP contribution is -2.13. The van der Waals surface area contributed by atoms with Crippen molar-refractivity contribution in [3.63, 3.8) is 0 Å². The lowest BCUT2D eigenvalue weighted by atomic mass is 9.93. The average Bonchev–Trinajstić information content (AvgIpc) is 2.57. The average molecular weight is 354 g/mol. The summed E-state index contributed by atoms with van der Waals surface area (Å²) >= 11 is 2.89. The van der Waals surface area contributed by atoms with E-state index < -0.39 is 16.0 Å². The third-order valence-corrected chi connectivity index (χ3v) is 4.02. The predicted molar refractivity (Wildman–Crippen MR) is 72.1 cm³/mol. The van der Waals surface area contributed by atoms with Gasteiger partial charge in [0, 0.05) is 6.07 Å². The molecule has 1 rings (SSSR count). The second-order valence-electron chi connectivity index (χ2n) is 5.24. The van der Waals surface area contributed by atoms with E-state index in [-0.39, 0.29) is 27.3 Å². The topological polar surface area (TPSA) is 99.6 Å². The van der Waals surface area contributed by atoms with E-state index in [4.69, 9.17) is 14.3 Å². The summed E-state index contributed by atoms with van der Waals surface area (Å²) in [5.74, 6) is -0.926. The molecule has 0 saturated heterocycles. The summed E-state index contributed by atoms with van der Waals surface area (Å²) in [6.45, 7) is 6.28. The molecule has 108 valence electrons. The number of esters is 1. The molecule has 1 heterocycles. The zero-order chi connectivity index (χ0) is 14.8. The molecule has 0 fully saturated rings. The lowest BCUT2D eigenvalue weighted by Gasteiger charge is -2.17. The predicted octanol–water partition coefficient (Wildman–Crippen LogP) is 2.28. The van der Waals surface area contributed by atoms with Crippen molar-refractivity contribution < 1.29 is 22.4 Å². The minimum Gasteiger partial charge on any atom is -0.460 e. The van der Waals surface area contributed by atoms with Crippen LogP contribution in [0, 0.1) is 5.41 Å². The maximum Gasteiger partial charge on any atom is 0.374 e. The molecule has 19 heavy (non-hydrogen) atoms. The minimum absolute atomic E-state index is 0.0375. The summed E-state index contributed by atoms with van der Waals surface area (Å²) in [4.78, 5) is 11.4. The van der Waals surface area contributed by atoms with E-state index in [2.05, 4.69) is 15.9 Å². The van der Waals surface area contributed by atoms with Crippen LogP contribution in [0.5, 0.6) is 0 Å². The fraction of sp³-hybridized carbons (Fsp3) is 0.545.